The molecule has 0 spiro atoms. The van der Waals surface area contributed by atoms with Gasteiger partial charge in [0, 0.05) is 5.39 Å². The number of fused-ring (bicyclic) bond motifs is 1. The first-order valence-electron chi connectivity index (χ1n) is 9.41. The maximum atomic E-state index is 12.7. The summed E-state index contributed by atoms with van der Waals surface area (Å²) in [4.78, 5) is 28.6. The van der Waals surface area contributed by atoms with E-state index in [4.69, 9.17) is 17.6 Å². The van der Waals surface area contributed by atoms with E-state index in [-0.39, 0.29) is 17.1 Å². The number of thiazole rings is 1. The molecule has 2 aromatic heterocycles. The molecule has 0 aliphatic carbocycles. The Kier molecular flexibility index (Phi) is 4.91. The summed E-state index contributed by atoms with van der Waals surface area (Å²) in [7, 11) is 0. The van der Waals surface area contributed by atoms with E-state index in [1.807, 2.05) is 0 Å². The number of rotatable bonds is 7. The second kappa shape index (κ2) is 7.99. The number of nitrogens with one attached hydrogen (secondary N) is 1. The van der Waals surface area contributed by atoms with Gasteiger partial charge in [-0.1, -0.05) is 0 Å². The number of ether oxygens (including phenoxy) is 1. The molecule has 0 aliphatic heterocycles. The third-order valence-electron chi connectivity index (χ3n) is 4.06. The number of hydrogen-bond acceptors (Lipinski definition) is 7. The van der Waals surface area contributed by atoms with Gasteiger partial charge in [0.2, 0.25) is 5.91 Å². The summed E-state index contributed by atoms with van der Waals surface area (Å²) in [6.07, 6.45) is 0. The predicted molar refractivity (Wildman–Crippen MR) is 104 cm³/mol. The van der Waals surface area contributed by atoms with Gasteiger partial charge in [-0.2, -0.15) is 0 Å². The number of aryl methyl sites for hydroxylation is 3. The van der Waals surface area contributed by atoms with Crippen molar-refractivity contribution in [3.05, 3.63) is 45.1 Å². The molecular formula is C19H21N3O5S. The lowest BCUT2D eigenvalue weighted by molar-refractivity contribution is -0.120. The Morgan fingerprint density at radius 1 is 1.43 bits per heavy atom. The summed E-state index contributed by atoms with van der Waals surface area (Å²) < 4.78 is 27.8. The van der Waals surface area contributed by atoms with Crippen LogP contribution in [-0.4, -0.2) is 34.6 Å². The molecular weight excluding hydrogens is 382 g/mol. The number of nitrogens with zero attached hydrogens (tertiary/aromatic N) is 1. The fourth-order valence-electron chi connectivity index (χ4n) is 2.71. The minimum Gasteiger partial charge on any atom is -0.488 e. The van der Waals surface area contributed by atoms with Crippen LogP contribution in [0.25, 0.3) is 11.0 Å². The number of aliphatic hydroxyl groups excluding tert-OH is 1. The van der Waals surface area contributed by atoms with Gasteiger partial charge in [-0.15, -0.1) is 11.3 Å². The summed E-state index contributed by atoms with van der Waals surface area (Å²) >= 11 is 1.21. The van der Waals surface area contributed by atoms with Crippen LogP contribution in [0.3, 0.4) is 0 Å². The molecule has 8 nitrogen and oxygen atoms in total. The lowest BCUT2D eigenvalue weighted by atomic mass is 10.1. The molecule has 0 radical (unpaired) electrons. The van der Waals surface area contributed by atoms with Gasteiger partial charge >= 0.3 is 0 Å². The van der Waals surface area contributed by atoms with Crippen LogP contribution in [0.4, 0.5) is 0 Å². The highest BCUT2D eigenvalue weighted by molar-refractivity contribution is 7.11. The van der Waals surface area contributed by atoms with Crippen LogP contribution in [0.2, 0.25) is 0 Å². The summed E-state index contributed by atoms with van der Waals surface area (Å²) in [6, 6.07) is 3.34. The minimum absolute atomic E-state index is 0.139. The van der Waals surface area contributed by atoms with Crippen molar-refractivity contribution in [3.8, 4) is 5.75 Å². The number of carbonyl (C=O) groups excluding carboxylic acids is 2. The maximum absolute atomic E-state index is 12.7. The Morgan fingerprint density at radius 3 is 2.79 bits per heavy atom. The third kappa shape index (κ3) is 4.00. The van der Waals surface area contributed by atoms with E-state index >= 15 is 0 Å². The first-order chi connectivity index (χ1) is 14.0. The van der Waals surface area contributed by atoms with Gasteiger partial charge in [-0.05, 0) is 39.0 Å². The maximum Gasteiger partial charge on any atom is 0.256 e. The second-order valence-electron chi connectivity index (χ2n) is 6.15. The largest absolute Gasteiger partial charge is 0.488 e. The zero-order valence-electron chi connectivity index (χ0n) is 17.5. The fourth-order valence-corrected chi connectivity index (χ4v) is 3.47. The standard InChI is InChI=1S/C19H21N3O5S/c1-9-16(28-11(3)21-9)8-26-12-4-5-15-13(6-12)17(10(2)27-15)19(25)22-14(7-23)18(20)24/h4-6,14,23H,7-8H2,1-3H3,(H2,20,24)(H,22,25)/t14-/m0/s1/i8D2. The van der Waals surface area contributed by atoms with E-state index in [1.165, 1.54) is 23.5 Å². The van der Waals surface area contributed by atoms with E-state index in [0.717, 1.165) is 5.01 Å². The van der Waals surface area contributed by atoms with Crippen LogP contribution in [-0.2, 0) is 11.4 Å². The van der Waals surface area contributed by atoms with Crippen molar-refractivity contribution in [1.82, 2.24) is 10.3 Å². The molecule has 0 saturated heterocycles. The minimum atomic E-state index is -2.13. The normalized spacial score (nSPS) is 13.7. The van der Waals surface area contributed by atoms with Crippen LogP contribution in [0, 0.1) is 20.8 Å². The third-order valence-corrected chi connectivity index (χ3v) is 5.03. The molecule has 0 aliphatic rings. The number of primary amides is 1. The molecule has 3 aromatic rings. The van der Waals surface area contributed by atoms with Gasteiger partial charge in [0.25, 0.3) is 5.91 Å². The first-order valence-corrected chi connectivity index (χ1v) is 9.23. The average molecular weight is 405 g/mol. The quantitative estimate of drug-likeness (QED) is 0.551. The number of benzene rings is 1. The Bertz CT molecular complexity index is 1130. The van der Waals surface area contributed by atoms with Gasteiger partial charge in [0.15, 0.2) is 0 Å². The van der Waals surface area contributed by atoms with E-state index in [2.05, 4.69) is 10.3 Å². The lowest BCUT2D eigenvalue weighted by Gasteiger charge is -2.12. The molecule has 0 unspecified atom stereocenters. The Hall–Kier alpha value is -2.91. The van der Waals surface area contributed by atoms with E-state index in [0.29, 0.717) is 21.5 Å². The van der Waals surface area contributed by atoms with Gasteiger partial charge in [0.1, 0.15) is 29.7 Å². The molecule has 0 saturated carbocycles. The van der Waals surface area contributed by atoms with Crippen LogP contribution in [0.1, 0.15) is 34.4 Å². The van der Waals surface area contributed by atoms with Crippen molar-refractivity contribution in [2.75, 3.05) is 6.61 Å². The number of carbonyl (C=O) groups is 2. The highest BCUT2D eigenvalue weighted by Crippen LogP contribution is 2.30. The summed E-state index contributed by atoms with van der Waals surface area (Å²) in [6.45, 7) is 2.31. The lowest BCUT2D eigenvalue weighted by Crippen LogP contribution is -2.46. The molecule has 1 aromatic carbocycles. The Balaban J connectivity index is 1.96. The molecule has 1 atom stereocenters. The number of furan rings is 1. The van der Waals surface area contributed by atoms with Crippen molar-refractivity contribution < 1.29 is 26.6 Å². The summed E-state index contributed by atoms with van der Waals surface area (Å²) in [5, 5.41) is 12.7. The highest BCUT2D eigenvalue weighted by Gasteiger charge is 2.23. The van der Waals surface area contributed by atoms with Gasteiger partial charge in [-0.3, -0.25) is 9.59 Å². The number of aliphatic hydroxyl groups is 1. The van der Waals surface area contributed by atoms with Crippen LogP contribution < -0.4 is 15.8 Å². The number of nitrogens with two attached hydrogens (primary N) is 1. The smallest absolute Gasteiger partial charge is 0.256 e. The van der Waals surface area contributed by atoms with Crippen molar-refractivity contribution in [3.63, 3.8) is 0 Å². The van der Waals surface area contributed by atoms with Gasteiger partial charge in [-0.25, -0.2) is 4.98 Å². The first kappa shape index (κ1) is 17.2. The molecule has 9 heteroatoms. The monoisotopic (exact) mass is 405 g/mol. The zero-order chi connectivity index (χ0) is 22.2. The molecule has 2 heterocycles. The Labute approximate surface area is 168 Å². The summed E-state index contributed by atoms with van der Waals surface area (Å²) in [5.41, 5.74) is 6.23. The second-order valence-corrected chi connectivity index (χ2v) is 7.36. The van der Waals surface area contributed by atoms with E-state index in [1.54, 1.807) is 26.8 Å². The van der Waals surface area contributed by atoms with Crippen molar-refractivity contribution in [2.24, 2.45) is 5.73 Å². The van der Waals surface area contributed by atoms with Crippen molar-refractivity contribution in [2.45, 2.75) is 33.4 Å². The van der Waals surface area contributed by atoms with Crippen molar-refractivity contribution >= 4 is 34.1 Å². The van der Waals surface area contributed by atoms with Crippen LogP contribution >= 0.6 is 11.3 Å². The zero-order valence-corrected chi connectivity index (χ0v) is 16.3. The Morgan fingerprint density at radius 2 is 2.18 bits per heavy atom. The molecule has 148 valence electrons. The average Bonchev–Trinajstić information content (AvgIpc) is 3.16. The molecule has 28 heavy (non-hydrogen) atoms. The SMILES string of the molecule is [2H]C([2H])(Oc1ccc2oc(C)c(C(=O)N[C@@H](CO)C(N)=O)c2c1)c1sc(C)nc1C. The summed E-state index contributed by atoms with van der Waals surface area (Å²) in [5.74, 6) is -1.05. The van der Waals surface area contributed by atoms with Crippen molar-refractivity contribution in [1.29, 1.82) is 0 Å². The van der Waals surface area contributed by atoms with E-state index in [9.17, 15) is 14.7 Å². The van der Waals surface area contributed by atoms with Crippen LogP contribution in [0.15, 0.2) is 22.6 Å². The molecule has 0 fully saturated rings. The van der Waals surface area contributed by atoms with Crippen LogP contribution in [0.5, 0.6) is 5.75 Å². The molecule has 0 bridgehead atoms. The molecule has 3 rings (SSSR count). The van der Waals surface area contributed by atoms with E-state index < -0.39 is 31.0 Å². The molecule has 4 N–H and O–H groups in total. The fraction of sp³-hybridized carbons (Fsp3) is 0.316. The number of amides is 2. The predicted octanol–water partition coefficient (Wildman–Crippen LogP) is 1.97. The number of hydrogen-bond donors (Lipinski definition) is 3. The number of aromatic nitrogens is 1. The van der Waals surface area contributed by atoms with Gasteiger partial charge < -0.3 is 25.3 Å². The topological polar surface area (TPSA) is 128 Å². The molecule has 2 amide bonds. The highest BCUT2D eigenvalue weighted by atomic mass is 32.1. The van der Waals surface area contributed by atoms with Gasteiger partial charge in [0.05, 0.1) is 30.5 Å².